The molecule has 0 radical (unpaired) electrons. The molecular weight excluding hydrogens is 374 g/mol. The maximum atomic E-state index is 4.67. The second-order valence-corrected chi connectivity index (χ2v) is 8.26. The molecule has 0 saturated carbocycles. The van der Waals surface area contributed by atoms with Gasteiger partial charge in [0.05, 0.1) is 5.69 Å². The van der Waals surface area contributed by atoms with Gasteiger partial charge in [0.15, 0.2) is 11.0 Å². The largest absolute Gasteiger partial charge is 0.307 e. The average molecular weight is 396 g/mol. The predicted molar refractivity (Wildman–Crippen MR) is 112 cm³/mol. The zero-order valence-electron chi connectivity index (χ0n) is 15.4. The average Bonchev–Trinajstić information content (AvgIpc) is 3.36. The molecule has 0 unspecified atom stereocenters. The first-order chi connectivity index (χ1) is 13.2. The molecule has 0 spiro atoms. The normalized spacial score (nSPS) is 11.3. The van der Waals surface area contributed by atoms with Crippen LogP contribution in [0.4, 0.5) is 0 Å². The van der Waals surface area contributed by atoms with Crippen LogP contribution in [0, 0.1) is 6.92 Å². The van der Waals surface area contributed by atoms with E-state index in [9.17, 15) is 0 Å². The van der Waals surface area contributed by atoms with Gasteiger partial charge in [-0.05, 0) is 31.0 Å². The lowest BCUT2D eigenvalue weighted by molar-refractivity contribution is 0.730. The number of nitrogens with zero attached hydrogens (tertiary/aromatic N) is 5. The van der Waals surface area contributed by atoms with E-state index >= 15 is 0 Å². The van der Waals surface area contributed by atoms with Gasteiger partial charge in [-0.2, -0.15) is 0 Å². The first-order valence-electron chi connectivity index (χ1n) is 8.88. The standard InChI is InChI=1S/C20H21N5S2/c1-4-9-25-19(17-13-26-14(3)16(17)5-2)22-23-20(25)27-12-15-11-24-10-7-6-8-18(24)21-15/h4,6-8,10-11,13H,1,5,9,12H2,2-3H3. The summed E-state index contributed by atoms with van der Waals surface area (Å²) >= 11 is 3.43. The van der Waals surface area contributed by atoms with Crippen molar-refractivity contribution in [3.05, 3.63) is 64.8 Å². The topological polar surface area (TPSA) is 48.0 Å². The SMILES string of the molecule is C=CCn1c(SCc2cn3ccccc3n2)nnc1-c1csc(C)c1CC. The number of allylic oxidation sites excluding steroid dienone is 1. The van der Waals surface area contributed by atoms with Crippen molar-refractivity contribution in [3.63, 3.8) is 0 Å². The molecule has 0 saturated heterocycles. The van der Waals surface area contributed by atoms with Crippen LogP contribution in [0.2, 0.25) is 0 Å². The van der Waals surface area contributed by atoms with E-state index in [4.69, 9.17) is 0 Å². The summed E-state index contributed by atoms with van der Waals surface area (Å²) in [5.74, 6) is 1.67. The van der Waals surface area contributed by atoms with E-state index in [0.717, 1.165) is 34.5 Å². The fourth-order valence-corrected chi connectivity index (χ4v) is 4.96. The molecule has 0 amide bonds. The van der Waals surface area contributed by atoms with E-state index in [-0.39, 0.29) is 0 Å². The highest BCUT2D eigenvalue weighted by Gasteiger charge is 2.18. The minimum Gasteiger partial charge on any atom is -0.307 e. The van der Waals surface area contributed by atoms with E-state index in [1.165, 1.54) is 16.0 Å². The number of hydrogen-bond acceptors (Lipinski definition) is 5. The van der Waals surface area contributed by atoms with Crippen molar-refractivity contribution in [2.45, 2.75) is 37.7 Å². The van der Waals surface area contributed by atoms with Gasteiger partial charge in [0.2, 0.25) is 0 Å². The van der Waals surface area contributed by atoms with Crippen molar-refractivity contribution < 1.29 is 0 Å². The molecule has 0 bridgehead atoms. The zero-order chi connectivity index (χ0) is 18.8. The Hall–Kier alpha value is -2.38. The van der Waals surface area contributed by atoms with Gasteiger partial charge < -0.3 is 4.40 Å². The van der Waals surface area contributed by atoms with Crippen LogP contribution in [-0.2, 0) is 18.7 Å². The monoisotopic (exact) mass is 395 g/mol. The van der Waals surface area contributed by atoms with E-state index in [0.29, 0.717) is 6.54 Å². The summed E-state index contributed by atoms with van der Waals surface area (Å²) in [6.07, 6.45) is 6.97. The molecule has 4 rings (SSSR count). The van der Waals surface area contributed by atoms with Crippen LogP contribution in [0.1, 0.15) is 23.1 Å². The third kappa shape index (κ3) is 3.44. The quantitative estimate of drug-likeness (QED) is 0.326. The summed E-state index contributed by atoms with van der Waals surface area (Å²) in [5, 5.41) is 12.1. The third-order valence-corrected chi connectivity index (χ3v) is 6.44. The molecule has 0 aromatic carbocycles. The van der Waals surface area contributed by atoms with Gasteiger partial charge in [0.1, 0.15) is 5.65 Å². The van der Waals surface area contributed by atoms with Crippen molar-refractivity contribution in [1.29, 1.82) is 0 Å². The number of aryl methyl sites for hydroxylation is 1. The first-order valence-corrected chi connectivity index (χ1v) is 10.7. The lowest BCUT2D eigenvalue weighted by atomic mass is 10.1. The van der Waals surface area contributed by atoms with Crippen LogP contribution in [-0.4, -0.2) is 24.1 Å². The van der Waals surface area contributed by atoms with Crippen molar-refractivity contribution in [2.24, 2.45) is 0 Å². The van der Waals surface area contributed by atoms with Crippen LogP contribution in [0.15, 0.2) is 53.8 Å². The number of thioether (sulfide) groups is 1. The Morgan fingerprint density at radius 3 is 2.96 bits per heavy atom. The van der Waals surface area contributed by atoms with E-state index in [1.807, 2.05) is 34.9 Å². The number of aromatic nitrogens is 5. The fourth-order valence-electron chi connectivity index (χ4n) is 3.19. The molecule has 0 fully saturated rings. The van der Waals surface area contributed by atoms with Crippen molar-refractivity contribution in [3.8, 4) is 11.4 Å². The maximum absolute atomic E-state index is 4.67. The van der Waals surface area contributed by atoms with Gasteiger partial charge in [-0.15, -0.1) is 28.1 Å². The zero-order valence-corrected chi connectivity index (χ0v) is 17.1. The Morgan fingerprint density at radius 1 is 1.30 bits per heavy atom. The van der Waals surface area contributed by atoms with Gasteiger partial charge in [-0.25, -0.2) is 4.98 Å². The number of fused-ring (bicyclic) bond motifs is 1. The molecule has 0 aliphatic heterocycles. The summed E-state index contributed by atoms with van der Waals surface area (Å²) in [6.45, 7) is 8.95. The number of thiophene rings is 1. The van der Waals surface area contributed by atoms with Crippen molar-refractivity contribution in [1.82, 2.24) is 24.1 Å². The Bertz CT molecular complexity index is 1060. The molecule has 0 aliphatic rings. The molecule has 4 heterocycles. The van der Waals surface area contributed by atoms with E-state index < -0.39 is 0 Å². The summed E-state index contributed by atoms with van der Waals surface area (Å²) in [4.78, 5) is 6.01. The number of hydrogen-bond donors (Lipinski definition) is 0. The smallest absolute Gasteiger partial charge is 0.192 e. The van der Waals surface area contributed by atoms with E-state index in [1.54, 1.807) is 23.1 Å². The van der Waals surface area contributed by atoms with Gasteiger partial charge in [-0.1, -0.05) is 30.8 Å². The van der Waals surface area contributed by atoms with E-state index in [2.05, 4.69) is 51.8 Å². The van der Waals surface area contributed by atoms with Gasteiger partial charge >= 0.3 is 0 Å². The second-order valence-electron chi connectivity index (χ2n) is 6.23. The molecule has 27 heavy (non-hydrogen) atoms. The second kappa shape index (κ2) is 7.70. The Balaban J connectivity index is 1.62. The molecule has 4 aromatic rings. The maximum Gasteiger partial charge on any atom is 0.192 e. The van der Waals surface area contributed by atoms with Crippen LogP contribution >= 0.6 is 23.1 Å². The number of rotatable bonds is 7. The summed E-state index contributed by atoms with van der Waals surface area (Å²) < 4.78 is 4.19. The highest BCUT2D eigenvalue weighted by atomic mass is 32.2. The predicted octanol–water partition coefficient (Wildman–Crippen LogP) is 5.00. The van der Waals surface area contributed by atoms with Crippen molar-refractivity contribution >= 4 is 28.7 Å². The van der Waals surface area contributed by atoms with Crippen molar-refractivity contribution in [2.75, 3.05) is 0 Å². The minimum absolute atomic E-state index is 0.688. The molecule has 138 valence electrons. The molecule has 5 nitrogen and oxygen atoms in total. The Labute approximate surface area is 166 Å². The molecule has 0 N–H and O–H groups in total. The highest BCUT2D eigenvalue weighted by Crippen LogP contribution is 2.33. The van der Waals surface area contributed by atoms with Crippen LogP contribution in [0.3, 0.4) is 0 Å². The first kappa shape index (κ1) is 18.0. The Morgan fingerprint density at radius 2 is 2.19 bits per heavy atom. The summed E-state index contributed by atoms with van der Waals surface area (Å²) in [5.41, 5.74) is 4.53. The van der Waals surface area contributed by atoms with Crippen LogP contribution in [0.25, 0.3) is 17.0 Å². The Kier molecular flexibility index (Phi) is 5.13. The molecular formula is C20H21N5S2. The lowest BCUT2D eigenvalue weighted by Crippen LogP contribution is -2.01. The highest BCUT2D eigenvalue weighted by molar-refractivity contribution is 7.98. The van der Waals surface area contributed by atoms with Gasteiger partial charge in [0, 0.05) is 40.5 Å². The molecule has 7 heteroatoms. The van der Waals surface area contributed by atoms with Crippen LogP contribution < -0.4 is 0 Å². The summed E-state index contributed by atoms with van der Waals surface area (Å²) in [6, 6.07) is 6.02. The number of imidazole rings is 1. The molecule has 4 aromatic heterocycles. The number of pyridine rings is 1. The van der Waals surface area contributed by atoms with Gasteiger partial charge in [-0.3, -0.25) is 4.57 Å². The lowest BCUT2D eigenvalue weighted by Gasteiger charge is -2.08. The molecule has 0 aliphatic carbocycles. The third-order valence-electron chi connectivity index (χ3n) is 4.49. The molecule has 0 atom stereocenters. The summed E-state index contributed by atoms with van der Waals surface area (Å²) in [7, 11) is 0. The minimum atomic E-state index is 0.688. The van der Waals surface area contributed by atoms with Crippen LogP contribution in [0.5, 0.6) is 0 Å². The van der Waals surface area contributed by atoms with Gasteiger partial charge in [0.25, 0.3) is 0 Å². The fraction of sp³-hybridized carbons (Fsp3) is 0.250.